The van der Waals surface area contributed by atoms with Crippen molar-refractivity contribution in [1.29, 1.82) is 0 Å². The highest BCUT2D eigenvalue weighted by Crippen LogP contribution is 2.21. The molecule has 0 heterocycles. The highest BCUT2D eigenvalue weighted by molar-refractivity contribution is 8.00. The minimum absolute atomic E-state index is 0.0176. The van der Waals surface area contributed by atoms with Crippen LogP contribution >= 0.6 is 11.8 Å². The third-order valence-electron chi connectivity index (χ3n) is 2.98. The summed E-state index contributed by atoms with van der Waals surface area (Å²) in [5.74, 6) is -0.510. The third kappa shape index (κ3) is 4.89. The van der Waals surface area contributed by atoms with Gasteiger partial charge < -0.3 is 10.0 Å². The van der Waals surface area contributed by atoms with Crippen molar-refractivity contribution in [3.63, 3.8) is 0 Å². The number of benzene rings is 1. The Hall–Kier alpha value is -1.49. The number of carboxylic acids is 1. The maximum Gasteiger partial charge on any atom is 0.304 e. The number of carbonyl (C=O) groups excluding carboxylic acids is 1. The molecule has 1 amide bonds. The van der Waals surface area contributed by atoms with Gasteiger partial charge in [0, 0.05) is 17.5 Å². The number of rotatable bonds is 7. The van der Waals surface area contributed by atoms with Crippen LogP contribution in [0, 0.1) is 6.92 Å². The normalized spacial score (nSPS) is 11.9. The van der Waals surface area contributed by atoms with E-state index in [4.69, 9.17) is 5.11 Å². The van der Waals surface area contributed by atoms with E-state index in [2.05, 4.69) is 0 Å². The van der Waals surface area contributed by atoms with E-state index in [9.17, 15) is 9.59 Å². The molecule has 0 spiro atoms. The van der Waals surface area contributed by atoms with E-state index >= 15 is 0 Å². The van der Waals surface area contributed by atoms with Crippen molar-refractivity contribution < 1.29 is 14.7 Å². The molecule has 1 aromatic carbocycles. The number of carboxylic acid groups (broad SMARTS) is 1. The minimum atomic E-state index is -0.830. The molecule has 110 valence electrons. The van der Waals surface area contributed by atoms with E-state index in [-0.39, 0.29) is 17.6 Å². The number of nitrogens with zero attached hydrogens (tertiary/aromatic N) is 1. The number of carbonyl (C=O) groups is 2. The van der Waals surface area contributed by atoms with Gasteiger partial charge in [0.1, 0.15) is 0 Å². The van der Waals surface area contributed by atoms with Crippen LogP contribution in [0.1, 0.15) is 25.8 Å². The average molecular weight is 295 g/mol. The van der Waals surface area contributed by atoms with E-state index in [1.54, 1.807) is 4.90 Å². The van der Waals surface area contributed by atoms with Crippen LogP contribution in [0.15, 0.2) is 24.3 Å². The molecular formula is C15H21NO3S. The molecule has 0 saturated heterocycles. The second-order valence-corrected chi connectivity index (χ2v) is 6.07. The molecule has 1 N–H and O–H groups in total. The summed E-state index contributed by atoms with van der Waals surface area (Å²) in [5, 5.41) is 8.65. The second kappa shape index (κ2) is 7.94. The largest absolute Gasteiger partial charge is 0.481 e. The van der Waals surface area contributed by atoms with Crippen molar-refractivity contribution in [1.82, 2.24) is 0 Å². The molecule has 1 atom stereocenters. The molecule has 0 fully saturated rings. The quantitative estimate of drug-likeness (QED) is 0.840. The molecular weight excluding hydrogens is 274 g/mol. The van der Waals surface area contributed by atoms with E-state index < -0.39 is 5.97 Å². The summed E-state index contributed by atoms with van der Waals surface area (Å²) in [7, 11) is 0. The Morgan fingerprint density at radius 3 is 2.55 bits per heavy atom. The van der Waals surface area contributed by atoms with Gasteiger partial charge in [-0.3, -0.25) is 9.59 Å². The highest BCUT2D eigenvalue weighted by atomic mass is 32.2. The smallest absolute Gasteiger partial charge is 0.304 e. The molecule has 0 aromatic heterocycles. The molecule has 5 heteroatoms. The molecule has 4 nitrogen and oxygen atoms in total. The molecule has 1 rings (SSSR count). The SMILES string of the molecule is CCN(C(=O)CSC(C)CC(=O)O)c1ccccc1C. The van der Waals surface area contributed by atoms with Crippen molar-refractivity contribution in [2.75, 3.05) is 17.2 Å². The van der Waals surface area contributed by atoms with E-state index in [1.165, 1.54) is 11.8 Å². The Bertz CT molecular complexity index is 476. The minimum Gasteiger partial charge on any atom is -0.481 e. The molecule has 0 aliphatic rings. The van der Waals surface area contributed by atoms with Gasteiger partial charge >= 0.3 is 5.97 Å². The number of hydrogen-bond acceptors (Lipinski definition) is 3. The molecule has 0 aliphatic carbocycles. The zero-order valence-electron chi connectivity index (χ0n) is 12.1. The van der Waals surface area contributed by atoms with Gasteiger partial charge in [-0.05, 0) is 25.5 Å². The summed E-state index contributed by atoms with van der Waals surface area (Å²) in [6.45, 7) is 6.36. The molecule has 0 radical (unpaired) electrons. The van der Waals surface area contributed by atoms with Gasteiger partial charge in [-0.15, -0.1) is 11.8 Å². The topological polar surface area (TPSA) is 57.6 Å². The predicted octanol–water partition coefficient (Wildman–Crippen LogP) is 2.94. The van der Waals surface area contributed by atoms with E-state index in [0.717, 1.165) is 11.3 Å². The highest BCUT2D eigenvalue weighted by Gasteiger charge is 2.17. The molecule has 1 unspecified atom stereocenters. The lowest BCUT2D eigenvalue weighted by Crippen LogP contribution is -2.33. The number of thioether (sulfide) groups is 1. The predicted molar refractivity (Wildman–Crippen MR) is 83.4 cm³/mol. The maximum absolute atomic E-state index is 12.3. The monoisotopic (exact) mass is 295 g/mol. The summed E-state index contributed by atoms with van der Waals surface area (Å²) in [4.78, 5) is 24.6. The second-order valence-electron chi connectivity index (χ2n) is 4.64. The van der Waals surface area contributed by atoms with Crippen LogP contribution in [0.2, 0.25) is 0 Å². The van der Waals surface area contributed by atoms with Crippen molar-refractivity contribution >= 4 is 29.3 Å². The van der Waals surface area contributed by atoms with Crippen molar-refractivity contribution in [2.24, 2.45) is 0 Å². The number of aryl methyl sites for hydroxylation is 1. The summed E-state index contributed by atoms with van der Waals surface area (Å²) in [6.07, 6.45) is 0.0778. The molecule has 0 bridgehead atoms. The Labute approximate surface area is 124 Å². The first kappa shape index (κ1) is 16.6. The zero-order chi connectivity index (χ0) is 15.1. The summed E-state index contributed by atoms with van der Waals surface area (Å²) >= 11 is 1.39. The van der Waals surface area contributed by atoms with Crippen molar-refractivity contribution in [3.05, 3.63) is 29.8 Å². The third-order valence-corrected chi connectivity index (χ3v) is 4.13. The Morgan fingerprint density at radius 1 is 1.35 bits per heavy atom. The first-order valence-electron chi connectivity index (χ1n) is 6.65. The molecule has 0 aliphatic heterocycles. The van der Waals surface area contributed by atoms with Crippen LogP contribution in [0.4, 0.5) is 5.69 Å². The lowest BCUT2D eigenvalue weighted by molar-refractivity contribution is -0.136. The van der Waals surface area contributed by atoms with Crippen molar-refractivity contribution in [3.8, 4) is 0 Å². The fourth-order valence-corrected chi connectivity index (χ4v) is 2.79. The Balaban J connectivity index is 2.65. The van der Waals surface area contributed by atoms with Crippen LogP contribution in [-0.4, -0.2) is 34.5 Å². The van der Waals surface area contributed by atoms with Crippen molar-refractivity contribution in [2.45, 2.75) is 32.4 Å². The van der Waals surface area contributed by atoms with Gasteiger partial charge in [-0.25, -0.2) is 0 Å². The van der Waals surface area contributed by atoms with Gasteiger partial charge in [0.15, 0.2) is 0 Å². The lowest BCUT2D eigenvalue weighted by atomic mass is 10.2. The summed E-state index contributed by atoms with van der Waals surface area (Å²) in [6, 6.07) is 7.77. The number of hydrogen-bond donors (Lipinski definition) is 1. The molecule has 20 heavy (non-hydrogen) atoms. The number of aliphatic carboxylic acids is 1. The number of amides is 1. The zero-order valence-corrected chi connectivity index (χ0v) is 12.9. The summed E-state index contributed by atoms with van der Waals surface area (Å²) in [5.41, 5.74) is 1.98. The van der Waals surface area contributed by atoms with E-state index in [0.29, 0.717) is 12.3 Å². The van der Waals surface area contributed by atoms with Crippen LogP contribution in [0.3, 0.4) is 0 Å². The first-order chi connectivity index (χ1) is 9.45. The standard InChI is InChI=1S/C15H21NO3S/c1-4-16(13-8-6-5-7-11(13)2)14(17)10-20-12(3)9-15(18)19/h5-8,12H,4,9-10H2,1-3H3,(H,18,19). The van der Waals surface area contributed by atoms with Gasteiger partial charge in [0.05, 0.1) is 12.2 Å². The van der Waals surface area contributed by atoms with E-state index in [1.807, 2.05) is 45.0 Å². The van der Waals surface area contributed by atoms with Gasteiger partial charge in [0.25, 0.3) is 0 Å². The fraction of sp³-hybridized carbons (Fsp3) is 0.467. The van der Waals surface area contributed by atoms with Gasteiger partial charge in [0.2, 0.25) is 5.91 Å². The number of para-hydroxylation sites is 1. The molecule has 1 aromatic rings. The molecule has 0 saturated carbocycles. The lowest BCUT2D eigenvalue weighted by Gasteiger charge is -2.23. The van der Waals surface area contributed by atoms with Gasteiger partial charge in [-0.1, -0.05) is 25.1 Å². The van der Waals surface area contributed by atoms with Crippen LogP contribution in [0.25, 0.3) is 0 Å². The fourth-order valence-electron chi connectivity index (χ4n) is 1.94. The maximum atomic E-state index is 12.3. The van der Waals surface area contributed by atoms with Crippen LogP contribution in [0.5, 0.6) is 0 Å². The Morgan fingerprint density at radius 2 is 2.00 bits per heavy atom. The average Bonchev–Trinajstić information content (AvgIpc) is 2.38. The Kier molecular flexibility index (Phi) is 6.58. The van der Waals surface area contributed by atoms with Crippen LogP contribution in [-0.2, 0) is 9.59 Å². The van der Waals surface area contributed by atoms with Gasteiger partial charge in [-0.2, -0.15) is 0 Å². The van der Waals surface area contributed by atoms with Crippen LogP contribution < -0.4 is 4.90 Å². The number of anilines is 1. The summed E-state index contributed by atoms with van der Waals surface area (Å²) < 4.78 is 0. The first-order valence-corrected chi connectivity index (χ1v) is 7.70.